The van der Waals surface area contributed by atoms with Gasteiger partial charge in [-0.25, -0.2) is 4.98 Å². The van der Waals surface area contributed by atoms with E-state index in [1.54, 1.807) is 0 Å². The molecule has 0 amide bonds. The molecule has 0 bridgehead atoms. The highest BCUT2D eigenvalue weighted by Gasteiger charge is 2.13. The Balaban J connectivity index is 1.65. The normalized spacial score (nSPS) is 14.6. The maximum Gasteiger partial charge on any atom is 0.309 e. The van der Waals surface area contributed by atoms with E-state index in [2.05, 4.69) is 38.7 Å². The van der Waals surface area contributed by atoms with Crippen molar-refractivity contribution in [3.63, 3.8) is 0 Å². The monoisotopic (exact) mass is 351 g/mol. The molecule has 0 N–H and O–H groups in total. The van der Waals surface area contributed by atoms with E-state index in [1.807, 2.05) is 24.5 Å². The van der Waals surface area contributed by atoms with Crippen molar-refractivity contribution in [2.75, 3.05) is 38.3 Å². The van der Waals surface area contributed by atoms with Crippen molar-refractivity contribution in [2.24, 2.45) is 0 Å². The third-order valence-corrected chi connectivity index (χ3v) is 4.67. The van der Waals surface area contributed by atoms with Crippen LogP contribution in [-0.2, 0) is 20.7 Å². The molecule has 1 aliphatic heterocycles. The zero-order valence-electron chi connectivity index (χ0n) is 14.7. The lowest BCUT2D eigenvalue weighted by molar-refractivity contribution is -0.139. The highest BCUT2D eigenvalue weighted by molar-refractivity contribution is 5.80. The largest absolute Gasteiger partial charge is 0.469 e. The van der Waals surface area contributed by atoms with Gasteiger partial charge >= 0.3 is 5.97 Å². The number of esters is 1. The molecular formula is C20H21N3O3. The second-order valence-electron chi connectivity index (χ2n) is 6.31. The molecule has 1 aliphatic rings. The number of ether oxygens (including phenoxy) is 2. The molecule has 4 rings (SSSR count). The molecule has 6 heteroatoms. The Morgan fingerprint density at radius 2 is 1.96 bits per heavy atom. The lowest BCUT2D eigenvalue weighted by Gasteiger charge is -2.29. The van der Waals surface area contributed by atoms with Gasteiger partial charge < -0.3 is 14.4 Å². The van der Waals surface area contributed by atoms with Crippen molar-refractivity contribution in [1.29, 1.82) is 0 Å². The van der Waals surface area contributed by atoms with E-state index in [9.17, 15) is 4.79 Å². The van der Waals surface area contributed by atoms with Crippen LogP contribution in [0.15, 0.2) is 48.8 Å². The summed E-state index contributed by atoms with van der Waals surface area (Å²) in [6.45, 7) is 3.35. The van der Waals surface area contributed by atoms with Crippen LogP contribution in [0.25, 0.3) is 16.7 Å². The number of hydrogen-bond donors (Lipinski definition) is 0. The first-order valence-electron chi connectivity index (χ1n) is 8.70. The molecule has 2 heterocycles. The first-order valence-corrected chi connectivity index (χ1v) is 8.70. The van der Waals surface area contributed by atoms with E-state index in [0.29, 0.717) is 0 Å². The van der Waals surface area contributed by atoms with Crippen LogP contribution in [0.3, 0.4) is 0 Å². The molecule has 0 unspecified atom stereocenters. The number of anilines is 1. The van der Waals surface area contributed by atoms with Gasteiger partial charge in [-0.15, -0.1) is 0 Å². The standard InChI is InChI=1S/C20H21N3O3/c1-25-20(24)12-15-5-6-19-18(11-15)21-14-23(19)17-4-2-3-16(13-17)22-7-9-26-10-8-22/h2-6,11,13-14H,7-10,12H2,1H3. The van der Waals surface area contributed by atoms with Crippen molar-refractivity contribution in [1.82, 2.24) is 9.55 Å². The minimum Gasteiger partial charge on any atom is -0.469 e. The van der Waals surface area contributed by atoms with Crippen molar-refractivity contribution in [3.05, 3.63) is 54.4 Å². The average molecular weight is 351 g/mol. The van der Waals surface area contributed by atoms with Gasteiger partial charge in [0.15, 0.2) is 0 Å². The van der Waals surface area contributed by atoms with Gasteiger partial charge in [0.05, 0.1) is 37.8 Å². The number of benzene rings is 2. The number of aromatic nitrogens is 2. The molecule has 26 heavy (non-hydrogen) atoms. The molecule has 1 fully saturated rings. The molecule has 0 aliphatic carbocycles. The molecule has 0 radical (unpaired) electrons. The van der Waals surface area contributed by atoms with Gasteiger partial charge in [0.1, 0.15) is 6.33 Å². The van der Waals surface area contributed by atoms with Gasteiger partial charge in [0.2, 0.25) is 0 Å². The van der Waals surface area contributed by atoms with E-state index in [0.717, 1.165) is 48.6 Å². The molecule has 2 aromatic carbocycles. The molecule has 134 valence electrons. The predicted molar refractivity (Wildman–Crippen MR) is 99.8 cm³/mol. The second-order valence-corrected chi connectivity index (χ2v) is 6.31. The van der Waals surface area contributed by atoms with Gasteiger partial charge in [0, 0.05) is 24.5 Å². The van der Waals surface area contributed by atoms with E-state index >= 15 is 0 Å². The summed E-state index contributed by atoms with van der Waals surface area (Å²) in [5, 5.41) is 0. The summed E-state index contributed by atoms with van der Waals surface area (Å²) >= 11 is 0. The Morgan fingerprint density at radius 3 is 2.77 bits per heavy atom. The maximum atomic E-state index is 11.5. The van der Waals surface area contributed by atoms with Crippen LogP contribution in [0.5, 0.6) is 0 Å². The Bertz CT molecular complexity index is 929. The zero-order chi connectivity index (χ0) is 17.9. The summed E-state index contributed by atoms with van der Waals surface area (Å²) < 4.78 is 12.2. The van der Waals surface area contributed by atoms with Crippen LogP contribution in [0.2, 0.25) is 0 Å². The molecular weight excluding hydrogens is 330 g/mol. The fourth-order valence-corrected chi connectivity index (χ4v) is 3.27. The third-order valence-electron chi connectivity index (χ3n) is 4.67. The first kappa shape index (κ1) is 16.6. The van der Waals surface area contributed by atoms with Gasteiger partial charge in [-0.2, -0.15) is 0 Å². The summed E-state index contributed by atoms with van der Waals surface area (Å²) in [5.74, 6) is -0.248. The summed E-state index contributed by atoms with van der Waals surface area (Å²) in [7, 11) is 1.40. The van der Waals surface area contributed by atoms with Crippen molar-refractivity contribution in [3.8, 4) is 5.69 Å². The van der Waals surface area contributed by atoms with Crippen LogP contribution in [-0.4, -0.2) is 48.9 Å². The Morgan fingerprint density at radius 1 is 1.15 bits per heavy atom. The summed E-state index contributed by atoms with van der Waals surface area (Å²) in [6, 6.07) is 14.3. The van der Waals surface area contributed by atoms with Crippen LogP contribution >= 0.6 is 0 Å². The number of carbonyl (C=O) groups excluding carboxylic acids is 1. The topological polar surface area (TPSA) is 56.6 Å². The number of hydrogen-bond acceptors (Lipinski definition) is 5. The van der Waals surface area contributed by atoms with Crippen molar-refractivity contribution in [2.45, 2.75) is 6.42 Å². The number of imidazole rings is 1. The molecule has 3 aromatic rings. The van der Waals surface area contributed by atoms with Crippen LogP contribution in [0.1, 0.15) is 5.56 Å². The SMILES string of the molecule is COC(=O)Cc1ccc2c(c1)ncn2-c1cccc(N2CCOCC2)c1. The summed E-state index contributed by atoms with van der Waals surface area (Å²) in [6.07, 6.45) is 2.08. The van der Waals surface area contributed by atoms with Gasteiger partial charge in [0.25, 0.3) is 0 Å². The molecule has 6 nitrogen and oxygen atoms in total. The third kappa shape index (κ3) is 3.28. The van der Waals surface area contributed by atoms with Crippen LogP contribution in [0, 0.1) is 0 Å². The lowest BCUT2D eigenvalue weighted by atomic mass is 10.1. The Hall–Kier alpha value is -2.86. The fraction of sp³-hybridized carbons (Fsp3) is 0.300. The van der Waals surface area contributed by atoms with Crippen LogP contribution < -0.4 is 4.90 Å². The predicted octanol–water partition coefficient (Wildman–Crippen LogP) is 2.58. The average Bonchev–Trinajstić information content (AvgIpc) is 3.12. The van der Waals surface area contributed by atoms with Gasteiger partial charge in [-0.3, -0.25) is 9.36 Å². The smallest absolute Gasteiger partial charge is 0.309 e. The Labute approximate surface area is 152 Å². The molecule has 1 saturated heterocycles. The first-order chi connectivity index (χ1) is 12.7. The molecule has 0 atom stereocenters. The fourth-order valence-electron chi connectivity index (χ4n) is 3.27. The maximum absolute atomic E-state index is 11.5. The molecule has 1 aromatic heterocycles. The number of fused-ring (bicyclic) bond motifs is 1. The zero-order valence-corrected chi connectivity index (χ0v) is 14.7. The summed E-state index contributed by atoms with van der Waals surface area (Å²) in [5.41, 5.74) is 5.03. The number of rotatable bonds is 4. The van der Waals surface area contributed by atoms with Crippen LogP contribution in [0.4, 0.5) is 5.69 Å². The summed E-state index contributed by atoms with van der Waals surface area (Å²) in [4.78, 5) is 18.3. The number of nitrogens with zero attached hydrogens (tertiary/aromatic N) is 3. The van der Waals surface area contributed by atoms with Crippen molar-refractivity contribution >= 4 is 22.7 Å². The number of morpholine rings is 1. The lowest BCUT2D eigenvalue weighted by Crippen LogP contribution is -2.36. The van der Waals surface area contributed by atoms with E-state index in [4.69, 9.17) is 9.47 Å². The highest BCUT2D eigenvalue weighted by Crippen LogP contribution is 2.24. The number of carbonyl (C=O) groups is 1. The van der Waals surface area contributed by atoms with E-state index in [1.165, 1.54) is 12.8 Å². The van der Waals surface area contributed by atoms with Crippen molar-refractivity contribution < 1.29 is 14.3 Å². The minimum absolute atomic E-state index is 0.248. The van der Waals surface area contributed by atoms with Gasteiger partial charge in [-0.1, -0.05) is 12.1 Å². The quantitative estimate of drug-likeness (QED) is 0.676. The number of methoxy groups -OCH3 is 1. The molecule has 0 saturated carbocycles. The highest BCUT2D eigenvalue weighted by atomic mass is 16.5. The second kappa shape index (κ2) is 7.17. The Kier molecular flexibility index (Phi) is 4.58. The van der Waals surface area contributed by atoms with E-state index in [-0.39, 0.29) is 12.4 Å². The molecule has 0 spiro atoms. The minimum atomic E-state index is -0.248. The van der Waals surface area contributed by atoms with E-state index < -0.39 is 0 Å². The van der Waals surface area contributed by atoms with Gasteiger partial charge in [-0.05, 0) is 35.9 Å².